The minimum absolute atomic E-state index is 0.0410. The van der Waals surface area contributed by atoms with Gasteiger partial charge in [-0.15, -0.1) is 0 Å². The van der Waals surface area contributed by atoms with Gasteiger partial charge in [0.25, 0.3) is 0 Å². The van der Waals surface area contributed by atoms with Crippen LogP contribution in [0.3, 0.4) is 0 Å². The molecule has 0 fully saturated rings. The first-order valence-corrected chi connectivity index (χ1v) is 6.08. The SMILES string of the molecule is COc1cccc(C(NN)c2cnccc2C(F)(F)F)c1. The second-order valence-corrected chi connectivity index (χ2v) is 4.34. The lowest BCUT2D eigenvalue weighted by molar-refractivity contribution is -0.138. The van der Waals surface area contributed by atoms with E-state index < -0.39 is 17.8 Å². The molecule has 0 saturated heterocycles. The number of alkyl halides is 3. The molecule has 112 valence electrons. The first-order chi connectivity index (χ1) is 9.97. The number of halogens is 3. The van der Waals surface area contributed by atoms with Gasteiger partial charge >= 0.3 is 6.18 Å². The molecule has 2 rings (SSSR count). The van der Waals surface area contributed by atoms with Gasteiger partial charge in [-0.05, 0) is 23.8 Å². The van der Waals surface area contributed by atoms with Crippen molar-refractivity contribution < 1.29 is 17.9 Å². The Hall–Kier alpha value is -2.12. The van der Waals surface area contributed by atoms with Crippen molar-refractivity contribution in [1.29, 1.82) is 0 Å². The molecular weight excluding hydrogens is 283 g/mol. The smallest absolute Gasteiger partial charge is 0.416 e. The molecule has 3 N–H and O–H groups in total. The van der Waals surface area contributed by atoms with E-state index in [1.54, 1.807) is 24.3 Å². The van der Waals surface area contributed by atoms with E-state index in [9.17, 15) is 13.2 Å². The Kier molecular flexibility index (Phi) is 4.44. The van der Waals surface area contributed by atoms with Crippen molar-refractivity contribution in [3.8, 4) is 5.75 Å². The number of rotatable bonds is 4. The number of hydrazine groups is 1. The summed E-state index contributed by atoms with van der Waals surface area (Å²) in [5.74, 6) is 5.99. The van der Waals surface area contributed by atoms with E-state index in [2.05, 4.69) is 10.4 Å². The van der Waals surface area contributed by atoms with Crippen molar-refractivity contribution >= 4 is 0 Å². The van der Waals surface area contributed by atoms with Crippen molar-refractivity contribution in [2.75, 3.05) is 7.11 Å². The van der Waals surface area contributed by atoms with Gasteiger partial charge in [-0.3, -0.25) is 10.8 Å². The number of nitrogens with one attached hydrogen (secondary N) is 1. The largest absolute Gasteiger partial charge is 0.497 e. The van der Waals surface area contributed by atoms with Crippen molar-refractivity contribution in [3.05, 3.63) is 59.4 Å². The number of nitrogens with two attached hydrogens (primary N) is 1. The van der Waals surface area contributed by atoms with E-state index >= 15 is 0 Å². The Morgan fingerprint density at radius 1 is 1.29 bits per heavy atom. The van der Waals surface area contributed by atoms with Crippen LogP contribution < -0.4 is 16.0 Å². The minimum Gasteiger partial charge on any atom is -0.497 e. The molecule has 0 bridgehead atoms. The van der Waals surface area contributed by atoms with E-state index in [1.165, 1.54) is 7.11 Å². The topological polar surface area (TPSA) is 60.2 Å². The molecule has 7 heteroatoms. The molecule has 21 heavy (non-hydrogen) atoms. The number of hydrogen-bond donors (Lipinski definition) is 2. The highest BCUT2D eigenvalue weighted by molar-refractivity contribution is 5.39. The van der Waals surface area contributed by atoms with E-state index in [1.807, 2.05) is 0 Å². The number of benzene rings is 1. The van der Waals surface area contributed by atoms with Crippen molar-refractivity contribution in [1.82, 2.24) is 10.4 Å². The number of methoxy groups -OCH3 is 1. The molecule has 0 amide bonds. The second kappa shape index (κ2) is 6.11. The second-order valence-electron chi connectivity index (χ2n) is 4.34. The van der Waals surface area contributed by atoms with Crippen molar-refractivity contribution in [2.45, 2.75) is 12.2 Å². The van der Waals surface area contributed by atoms with Gasteiger partial charge in [-0.2, -0.15) is 13.2 Å². The summed E-state index contributed by atoms with van der Waals surface area (Å²) in [4.78, 5) is 3.77. The summed E-state index contributed by atoms with van der Waals surface area (Å²) in [6.45, 7) is 0. The van der Waals surface area contributed by atoms with Gasteiger partial charge < -0.3 is 4.74 Å². The van der Waals surface area contributed by atoms with Crippen molar-refractivity contribution in [3.63, 3.8) is 0 Å². The fourth-order valence-electron chi connectivity index (χ4n) is 2.08. The normalized spacial score (nSPS) is 13.0. The molecule has 1 atom stereocenters. The van der Waals surface area contributed by atoms with Crippen LogP contribution in [0.25, 0.3) is 0 Å². The molecule has 1 aromatic carbocycles. The van der Waals surface area contributed by atoms with Crippen LogP contribution >= 0.6 is 0 Å². The van der Waals surface area contributed by atoms with Crippen LogP contribution in [0, 0.1) is 0 Å². The maximum absolute atomic E-state index is 13.1. The zero-order chi connectivity index (χ0) is 15.5. The van der Waals surface area contributed by atoms with Gasteiger partial charge in [0.2, 0.25) is 0 Å². The third-order valence-electron chi connectivity index (χ3n) is 3.06. The quantitative estimate of drug-likeness (QED) is 0.673. The third-order valence-corrected chi connectivity index (χ3v) is 3.06. The molecule has 1 heterocycles. The van der Waals surface area contributed by atoms with Gasteiger partial charge in [0.15, 0.2) is 0 Å². The molecule has 1 unspecified atom stereocenters. The average Bonchev–Trinajstić information content (AvgIpc) is 2.48. The lowest BCUT2D eigenvalue weighted by Gasteiger charge is -2.21. The lowest BCUT2D eigenvalue weighted by Crippen LogP contribution is -2.30. The highest BCUT2D eigenvalue weighted by Gasteiger charge is 2.35. The fraction of sp³-hybridized carbons (Fsp3) is 0.214. The fourth-order valence-corrected chi connectivity index (χ4v) is 2.08. The maximum atomic E-state index is 13.1. The monoisotopic (exact) mass is 297 g/mol. The summed E-state index contributed by atoms with van der Waals surface area (Å²) in [7, 11) is 1.48. The highest BCUT2D eigenvalue weighted by atomic mass is 19.4. The van der Waals surface area contributed by atoms with Gasteiger partial charge in [0.1, 0.15) is 5.75 Å². The zero-order valence-electron chi connectivity index (χ0n) is 11.2. The van der Waals surface area contributed by atoms with Gasteiger partial charge in [0.05, 0.1) is 18.7 Å². The minimum atomic E-state index is -4.48. The molecule has 2 aromatic rings. The van der Waals surface area contributed by atoms with Crippen molar-refractivity contribution in [2.24, 2.45) is 5.84 Å². The molecule has 0 saturated carbocycles. The average molecular weight is 297 g/mol. The van der Waals surface area contributed by atoms with Crippen LogP contribution in [0.2, 0.25) is 0 Å². The van der Waals surface area contributed by atoms with Crippen LogP contribution in [0.5, 0.6) is 5.75 Å². The number of ether oxygens (including phenoxy) is 1. The predicted octanol–water partition coefficient (Wildman–Crippen LogP) is 2.66. The standard InChI is InChI=1S/C14H14F3N3O/c1-21-10-4-2-3-9(7-10)13(20-18)11-8-19-6-5-12(11)14(15,16)17/h2-8,13,20H,18H2,1H3. The summed E-state index contributed by atoms with van der Waals surface area (Å²) in [6, 6.07) is 6.76. The third kappa shape index (κ3) is 3.32. The van der Waals surface area contributed by atoms with Crippen LogP contribution in [0.4, 0.5) is 13.2 Å². The molecule has 0 aliphatic carbocycles. The van der Waals surface area contributed by atoms with E-state index in [4.69, 9.17) is 10.6 Å². The van der Waals surface area contributed by atoms with Gasteiger partial charge in [-0.25, -0.2) is 5.43 Å². The Morgan fingerprint density at radius 2 is 2.05 bits per heavy atom. The number of pyridine rings is 1. The molecule has 0 radical (unpaired) electrons. The predicted molar refractivity (Wildman–Crippen MR) is 71.4 cm³/mol. The van der Waals surface area contributed by atoms with Gasteiger partial charge in [0, 0.05) is 18.0 Å². The summed E-state index contributed by atoms with van der Waals surface area (Å²) >= 11 is 0. The van der Waals surface area contributed by atoms with E-state index in [0.717, 1.165) is 18.5 Å². The Bertz CT molecular complexity index is 616. The number of aromatic nitrogens is 1. The summed E-state index contributed by atoms with van der Waals surface area (Å²) in [5.41, 5.74) is 2.14. The van der Waals surface area contributed by atoms with Crippen LogP contribution in [-0.2, 0) is 6.18 Å². The maximum Gasteiger partial charge on any atom is 0.416 e. The Morgan fingerprint density at radius 3 is 2.67 bits per heavy atom. The number of hydrogen-bond acceptors (Lipinski definition) is 4. The van der Waals surface area contributed by atoms with Gasteiger partial charge in [-0.1, -0.05) is 12.1 Å². The zero-order valence-corrected chi connectivity index (χ0v) is 11.2. The molecular formula is C14H14F3N3O. The van der Waals surface area contributed by atoms with E-state index in [0.29, 0.717) is 11.3 Å². The summed E-state index contributed by atoms with van der Waals surface area (Å²) in [5, 5.41) is 0. The Labute approximate surface area is 119 Å². The molecule has 0 aliphatic heterocycles. The van der Waals surface area contributed by atoms with Crippen LogP contribution in [0.15, 0.2) is 42.7 Å². The number of nitrogens with zero attached hydrogens (tertiary/aromatic N) is 1. The van der Waals surface area contributed by atoms with E-state index in [-0.39, 0.29) is 5.56 Å². The lowest BCUT2D eigenvalue weighted by atomic mass is 9.96. The highest BCUT2D eigenvalue weighted by Crippen LogP contribution is 2.36. The Balaban J connectivity index is 2.51. The molecule has 0 spiro atoms. The first-order valence-electron chi connectivity index (χ1n) is 6.08. The van der Waals surface area contributed by atoms with Crippen LogP contribution in [0.1, 0.15) is 22.7 Å². The first kappa shape index (κ1) is 15.3. The summed E-state index contributed by atoms with van der Waals surface area (Å²) < 4.78 is 44.3. The van der Waals surface area contributed by atoms with Crippen LogP contribution in [-0.4, -0.2) is 12.1 Å². The molecule has 0 aliphatic rings. The summed E-state index contributed by atoms with van der Waals surface area (Å²) in [6.07, 6.45) is -2.22. The molecule has 4 nitrogen and oxygen atoms in total. The molecule has 1 aromatic heterocycles.